The van der Waals surface area contributed by atoms with Crippen molar-refractivity contribution in [3.63, 3.8) is 0 Å². The maximum absolute atomic E-state index is 12.2. The quantitative estimate of drug-likeness (QED) is 0.720. The van der Waals surface area contributed by atoms with E-state index in [1.807, 2.05) is 52.0 Å². The second-order valence-corrected chi connectivity index (χ2v) is 7.17. The van der Waals surface area contributed by atoms with Gasteiger partial charge >= 0.3 is 5.97 Å². The molecule has 0 unspecified atom stereocenters. The van der Waals surface area contributed by atoms with Crippen LogP contribution in [0.4, 0.5) is 5.69 Å². The molecule has 0 heterocycles. The molecule has 0 aliphatic heterocycles. The van der Waals surface area contributed by atoms with Crippen molar-refractivity contribution >= 4 is 17.4 Å². The molecule has 1 aromatic rings. The lowest BCUT2D eigenvalue weighted by atomic mass is 9.90. The van der Waals surface area contributed by atoms with Gasteiger partial charge in [0.05, 0.1) is 5.54 Å². The van der Waals surface area contributed by atoms with Crippen molar-refractivity contribution in [3.8, 4) is 0 Å². The van der Waals surface area contributed by atoms with Gasteiger partial charge in [-0.05, 0) is 45.4 Å². The van der Waals surface area contributed by atoms with Crippen LogP contribution in [0.5, 0.6) is 0 Å². The molecule has 0 aliphatic rings. The van der Waals surface area contributed by atoms with Crippen molar-refractivity contribution in [1.82, 2.24) is 0 Å². The first kappa shape index (κ1) is 17.5. The molecule has 0 saturated heterocycles. The predicted octanol–water partition coefficient (Wildman–Crippen LogP) is 2.88. The normalized spacial score (nSPS) is 12.7. The van der Waals surface area contributed by atoms with Crippen LogP contribution in [-0.2, 0) is 20.9 Å². The van der Waals surface area contributed by atoms with Gasteiger partial charge in [0.25, 0.3) is 0 Å². The second kappa shape index (κ2) is 7.13. The third-order valence-electron chi connectivity index (χ3n) is 3.43. The number of carbonyl (C=O) groups excluding carboxylic acids is 2. The molecule has 0 fully saturated rings. The molecule has 1 rings (SSSR count). The minimum Gasteiger partial charge on any atom is -0.459 e. The maximum atomic E-state index is 12.2. The van der Waals surface area contributed by atoms with Crippen LogP contribution in [0.2, 0.25) is 1.41 Å². The summed E-state index contributed by atoms with van der Waals surface area (Å²) in [5.41, 5.74) is 2.15. The van der Waals surface area contributed by atoms with E-state index in [-0.39, 0.29) is 18.3 Å². The van der Waals surface area contributed by atoms with Gasteiger partial charge in [-0.15, -0.1) is 0 Å². The molecule has 3 N–H and O–H groups in total. The number of hydrogen-bond donors (Lipinski definition) is 2. The van der Waals surface area contributed by atoms with Crippen LogP contribution in [0.1, 0.15) is 47.1 Å². The Hall–Kier alpha value is -1.88. The summed E-state index contributed by atoms with van der Waals surface area (Å²) in [5, 5.41) is 3.23. The topological polar surface area (TPSA) is 81.4 Å². The van der Waals surface area contributed by atoms with Crippen LogP contribution in [0.25, 0.3) is 0 Å². The zero-order chi connectivity index (χ0) is 18.5. The third kappa shape index (κ3) is 5.67. The summed E-state index contributed by atoms with van der Waals surface area (Å²) in [7, 11) is 0. The van der Waals surface area contributed by atoms with Gasteiger partial charge in [-0.1, -0.05) is 26.0 Å². The van der Waals surface area contributed by atoms with Crippen LogP contribution < -0.4 is 11.0 Å². The van der Waals surface area contributed by atoms with Gasteiger partial charge in [0.1, 0.15) is 13.6 Å². The Morgan fingerprint density at radius 1 is 1.22 bits per heavy atom. The lowest BCUT2D eigenvalue weighted by Crippen LogP contribution is -2.42. The molecule has 0 atom stereocenters. The van der Waals surface area contributed by atoms with Crippen LogP contribution in [-0.4, -0.2) is 22.8 Å². The van der Waals surface area contributed by atoms with Crippen LogP contribution in [0.15, 0.2) is 24.3 Å². The summed E-state index contributed by atoms with van der Waals surface area (Å²) in [4.78, 5) is 24.0. The molecule has 128 valence electrons. The van der Waals surface area contributed by atoms with Gasteiger partial charge in [0.15, 0.2) is 5.78 Å². The van der Waals surface area contributed by atoms with E-state index in [2.05, 4.69) is 11.0 Å². The first-order chi connectivity index (χ1) is 11.0. The van der Waals surface area contributed by atoms with Gasteiger partial charge in [-0.25, -0.2) is 0 Å². The molecule has 0 aliphatic carbocycles. The van der Waals surface area contributed by atoms with Crippen molar-refractivity contribution in [3.05, 3.63) is 29.8 Å². The Bertz CT molecular complexity index is 580. The van der Waals surface area contributed by atoms with Crippen LogP contribution in [0.3, 0.4) is 0 Å². The summed E-state index contributed by atoms with van der Waals surface area (Å²) in [6.07, 6.45) is 0. The average molecular weight is 321 g/mol. The summed E-state index contributed by atoms with van der Waals surface area (Å²) in [5.74, 6) is -0.380. The number of carbonyl (C=O) groups is 2. The number of nitrogens with one attached hydrogen (secondary N) is 1. The summed E-state index contributed by atoms with van der Waals surface area (Å²) < 4.78 is 12.3. The SMILES string of the molecule is [2H]NC(C)(C)C(=O)OCc1ccc(NC(C)(C)C(=O)C(C)C)cc1. The molecule has 5 nitrogen and oxygen atoms in total. The number of ether oxygens (including phenoxy) is 1. The van der Waals surface area contributed by atoms with Crippen molar-refractivity contribution in [1.29, 1.82) is 0 Å². The van der Waals surface area contributed by atoms with Crippen molar-refractivity contribution in [2.75, 3.05) is 5.32 Å². The molecule has 0 saturated carbocycles. The molecule has 0 bridgehead atoms. The fraction of sp³-hybridized carbons (Fsp3) is 0.556. The van der Waals surface area contributed by atoms with E-state index < -0.39 is 17.0 Å². The minimum atomic E-state index is -1.04. The fourth-order valence-electron chi connectivity index (χ4n) is 2.16. The third-order valence-corrected chi connectivity index (χ3v) is 3.43. The van der Waals surface area contributed by atoms with Gasteiger partial charge in [0.2, 0.25) is 0 Å². The smallest absolute Gasteiger partial charge is 0.325 e. The van der Waals surface area contributed by atoms with E-state index in [0.29, 0.717) is 0 Å². The number of hydrogen-bond acceptors (Lipinski definition) is 5. The number of nitrogens with two attached hydrogens (primary N) is 1. The molecule has 0 amide bonds. The van der Waals surface area contributed by atoms with E-state index in [1.54, 1.807) is 13.8 Å². The van der Waals surface area contributed by atoms with E-state index in [1.165, 1.54) is 0 Å². The van der Waals surface area contributed by atoms with Crippen molar-refractivity contribution in [2.45, 2.75) is 59.2 Å². The van der Waals surface area contributed by atoms with Gasteiger partial charge in [-0.2, -0.15) is 0 Å². The Morgan fingerprint density at radius 3 is 2.26 bits per heavy atom. The first-order valence-electron chi connectivity index (χ1n) is 8.27. The van der Waals surface area contributed by atoms with Crippen molar-refractivity contribution in [2.24, 2.45) is 11.6 Å². The van der Waals surface area contributed by atoms with E-state index >= 15 is 0 Å². The molecular formula is C18H28N2O3. The standard InChI is InChI=1S/C18H28N2O3/c1-12(2)15(21)18(5,6)20-14-9-7-13(8-10-14)11-23-16(22)17(3,4)19/h7-10,12,20H,11,19H2,1-6H3/i/hD. The fourth-order valence-corrected chi connectivity index (χ4v) is 2.16. The predicted molar refractivity (Wildman–Crippen MR) is 92.1 cm³/mol. The lowest BCUT2D eigenvalue weighted by molar-refractivity contribution is -0.150. The Labute approximate surface area is 140 Å². The number of anilines is 1. The number of Topliss-reactive ketones (excluding diaryl/α,β-unsaturated/α-hetero) is 1. The molecule has 0 aromatic heterocycles. The molecule has 1 aromatic carbocycles. The molecule has 0 spiro atoms. The van der Waals surface area contributed by atoms with Gasteiger partial charge < -0.3 is 15.8 Å². The van der Waals surface area contributed by atoms with E-state index in [9.17, 15) is 9.59 Å². The molecular weight excluding hydrogens is 292 g/mol. The van der Waals surface area contributed by atoms with Crippen molar-refractivity contribution < 1.29 is 15.7 Å². The van der Waals surface area contributed by atoms with Gasteiger partial charge in [0, 0.05) is 11.6 Å². The Balaban J connectivity index is 2.67. The highest BCUT2D eigenvalue weighted by Gasteiger charge is 2.29. The maximum Gasteiger partial charge on any atom is 0.325 e. The number of esters is 1. The molecule has 5 heteroatoms. The number of ketones is 1. The largest absolute Gasteiger partial charge is 0.459 e. The lowest BCUT2D eigenvalue weighted by Gasteiger charge is -2.28. The number of benzene rings is 1. The number of rotatable bonds is 8. The highest BCUT2D eigenvalue weighted by Crippen LogP contribution is 2.20. The summed E-state index contributed by atoms with van der Waals surface area (Å²) in [6.45, 7) is 10.8. The molecule has 23 heavy (non-hydrogen) atoms. The molecule has 0 radical (unpaired) electrons. The van der Waals surface area contributed by atoms with E-state index in [0.717, 1.165) is 11.3 Å². The van der Waals surface area contributed by atoms with Crippen LogP contribution in [0, 0.1) is 5.92 Å². The first-order valence-corrected chi connectivity index (χ1v) is 7.77. The zero-order valence-corrected chi connectivity index (χ0v) is 14.8. The zero-order valence-electron chi connectivity index (χ0n) is 15.8. The average Bonchev–Trinajstić information content (AvgIpc) is 2.52. The second-order valence-electron chi connectivity index (χ2n) is 7.17. The summed E-state index contributed by atoms with van der Waals surface area (Å²) in [6, 6.07) is 7.39. The van der Waals surface area contributed by atoms with Crippen LogP contribution >= 0.6 is 0 Å². The van der Waals surface area contributed by atoms with Gasteiger partial charge in [-0.3, -0.25) is 9.59 Å². The highest BCUT2D eigenvalue weighted by atomic mass is 16.5. The highest BCUT2D eigenvalue weighted by molar-refractivity contribution is 5.91. The minimum absolute atomic E-state index is 0.0415. The summed E-state index contributed by atoms with van der Waals surface area (Å²) >= 11 is 0. The Morgan fingerprint density at radius 2 is 1.78 bits per heavy atom. The monoisotopic (exact) mass is 321 g/mol. The van der Waals surface area contributed by atoms with E-state index in [4.69, 9.17) is 6.15 Å². The Kier molecular flexibility index (Phi) is 5.42.